The minimum Gasteiger partial charge on any atom is -0.477 e. The molecule has 1 aromatic heterocycles. The van der Waals surface area contributed by atoms with Gasteiger partial charge < -0.3 is 19.0 Å². The van der Waals surface area contributed by atoms with Gasteiger partial charge in [-0.3, -0.25) is 0 Å². The van der Waals surface area contributed by atoms with E-state index in [4.69, 9.17) is 19.0 Å². The number of oxazole rings is 1. The lowest BCUT2D eigenvalue weighted by molar-refractivity contribution is -0.271. The van der Waals surface area contributed by atoms with E-state index in [1.165, 1.54) is 6.92 Å². The number of carboxylic acids is 1. The molecule has 0 radical (unpaired) electrons. The van der Waals surface area contributed by atoms with E-state index in [-0.39, 0.29) is 37.1 Å². The monoisotopic (exact) mass is 427 g/mol. The predicted octanol–water partition coefficient (Wildman–Crippen LogP) is 4.85. The lowest BCUT2D eigenvalue weighted by Crippen LogP contribution is -2.47. The molecule has 2 heterocycles. The highest BCUT2D eigenvalue weighted by atomic mass is 19.4. The Labute approximate surface area is 172 Å². The van der Waals surface area contributed by atoms with Crippen LogP contribution in [0.3, 0.4) is 0 Å². The highest BCUT2D eigenvalue weighted by molar-refractivity contribution is 5.75. The molecule has 1 aliphatic heterocycles. The fourth-order valence-corrected chi connectivity index (χ4v) is 3.22. The summed E-state index contributed by atoms with van der Waals surface area (Å²) in [6.07, 6.45) is -2.72. The molecule has 9 heteroatoms. The van der Waals surface area contributed by atoms with E-state index in [9.17, 15) is 18.0 Å². The summed E-state index contributed by atoms with van der Waals surface area (Å²) in [5, 5.41) is 9.06. The smallest absolute Gasteiger partial charge is 0.451 e. The molecule has 0 bridgehead atoms. The van der Waals surface area contributed by atoms with Gasteiger partial charge in [0.2, 0.25) is 11.7 Å². The van der Waals surface area contributed by atoms with Crippen molar-refractivity contribution in [1.82, 2.24) is 4.98 Å². The fraction of sp³-hybridized carbons (Fsp3) is 0.524. The fourth-order valence-electron chi connectivity index (χ4n) is 3.22. The number of benzene rings is 1. The number of alkyl halides is 3. The first kappa shape index (κ1) is 22.3. The third-order valence-electron chi connectivity index (χ3n) is 5.11. The molecule has 2 aromatic rings. The molecule has 6 nitrogen and oxygen atoms in total. The average molecular weight is 427 g/mol. The van der Waals surface area contributed by atoms with Crippen molar-refractivity contribution in [2.45, 2.75) is 51.5 Å². The number of hydrogen-bond donors (Lipinski definition) is 1. The van der Waals surface area contributed by atoms with Gasteiger partial charge in [0.1, 0.15) is 0 Å². The van der Waals surface area contributed by atoms with Crippen LogP contribution >= 0.6 is 0 Å². The molecule has 30 heavy (non-hydrogen) atoms. The normalized spacial score (nSPS) is 22.2. The SMILES string of the molecule is Cc1ccc(-c2nc(CCCC[C@H]3CO[C@@](C)(C(=O)O)OC3)c(C(F)(F)F)o2)cc1. The first-order valence-corrected chi connectivity index (χ1v) is 9.74. The van der Waals surface area contributed by atoms with Gasteiger partial charge in [-0.15, -0.1) is 0 Å². The predicted molar refractivity (Wildman–Crippen MR) is 101 cm³/mol. The number of unbranched alkanes of at least 4 members (excludes halogenated alkanes) is 1. The van der Waals surface area contributed by atoms with Crippen LogP contribution in [-0.4, -0.2) is 35.1 Å². The maximum atomic E-state index is 13.4. The molecule has 0 amide bonds. The summed E-state index contributed by atoms with van der Waals surface area (Å²) in [6, 6.07) is 6.93. The van der Waals surface area contributed by atoms with Gasteiger partial charge in [0.25, 0.3) is 5.79 Å². The largest absolute Gasteiger partial charge is 0.477 e. The van der Waals surface area contributed by atoms with Crippen LogP contribution in [0, 0.1) is 12.8 Å². The van der Waals surface area contributed by atoms with Gasteiger partial charge in [0.05, 0.1) is 18.9 Å². The summed E-state index contributed by atoms with van der Waals surface area (Å²) in [5.41, 5.74) is 1.38. The Morgan fingerprint density at radius 3 is 2.40 bits per heavy atom. The van der Waals surface area contributed by atoms with Gasteiger partial charge in [0.15, 0.2) is 0 Å². The first-order valence-electron chi connectivity index (χ1n) is 9.74. The van der Waals surface area contributed by atoms with Crippen LogP contribution in [0.1, 0.15) is 43.2 Å². The molecule has 0 unspecified atom stereocenters. The number of carbonyl (C=O) groups is 1. The second-order valence-electron chi connectivity index (χ2n) is 7.64. The topological polar surface area (TPSA) is 81.8 Å². The molecule has 1 saturated heterocycles. The van der Waals surface area contributed by atoms with Crippen LogP contribution in [0.5, 0.6) is 0 Å². The summed E-state index contributed by atoms with van der Waals surface area (Å²) in [5.74, 6) is -3.92. The van der Waals surface area contributed by atoms with Crippen molar-refractivity contribution in [3.8, 4) is 11.5 Å². The van der Waals surface area contributed by atoms with Crippen molar-refractivity contribution in [2.75, 3.05) is 13.2 Å². The average Bonchev–Trinajstić information content (AvgIpc) is 3.12. The second-order valence-corrected chi connectivity index (χ2v) is 7.64. The van der Waals surface area contributed by atoms with Crippen LogP contribution in [0.4, 0.5) is 13.2 Å². The third-order valence-corrected chi connectivity index (χ3v) is 5.11. The number of aryl methyl sites for hydroxylation is 2. The minimum atomic E-state index is -4.61. The number of halogens is 3. The molecule has 0 spiro atoms. The van der Waals surface area contributed by atoms with E-state index < -0.39 is 23.7 Å². The first-order chi connectivity index (χ1) is 14.1. The zero-order chi connectivity index (χ0) is 21.9. The van der Waals surface area contributed by atoms with E-state index in [0.717, 1.165) is 5.56 Å². The minimum absolute atomic E-state index is 0.0000557. The summed E-state index contributed by atoms with van der Waals surface area (Å²) in [6.45, 7) is 3.70. The molecule has 1 aliphatic rings. The molecular weight excluding hydrogens is 403 g/mol. The van der Waals surface area contributed by atoms with E-state index in [0.29, 0.717) is 24.8 Å². The van der Waals surface area contributed by atoms with Crippen molar-refractivity contribution in [1.29, 1.82) is 0 Å². The van der Waals surface area contributed by atoms with Gasteiger partial charge in [-0.2, -0.15) is 13.2 Å². The Morgan fingerprint density at radius 2 is 1.83 bits per heavy atom. The highest BCUT2D eigenvalue weighted by Crippen LogP contribution is 2.36. The Kier molecular flexibility index (Phi) is 6.52. The number of aromatic nitrogens is 1. The molecule has 3 rings (SSSR count). The molecule has 1 aromatic carbocycles. The van der Waals surface area contributed by atoms with Crippen molar-refractivity contribution in [3.05, 3.63) is 41.3 Å². The Bertz CT molecular complexity index is 868. The third kappa shape index (κ3) is 5.20. The summed E-state index contributed by atoms with van der Waals surface area (Å²) >= 11 is 0. The van der Waals surface area contributed by atoms with Gasteiger partial charge in [-0.25, -0.2) is 9.78 Å². The summed E-state index contributed by atoms with van der Waals surface area (Å²) in [4.78, 5) is 15.2. The van der Waals surface area contributed by atoms with Crippen LogP contribution in [0.15, 0.2) is 28.7 Å². The van der Waals surface area contributed by atoms with Crippen LogP contribution in [0.25, 0.3) is 11.5 Å². The number of hydrogen-bond acceptors (Lipinski definition) is 5. The molecule has 164 valence electrons. The molecule has 1 fully saturated rings. The number of carboxylic acid groups (broad SMARTS) is 1. The second kappa shape index (κ2) is 8.77. The van der Waals surface area contributed by atoms with E-state index >= 15 is 0 Å². The van der Waals surface area contributed by atoms with Gasteiger partial charge in [-0.1, -0.05) is 24.1 Å². The number of nitrogens with zero attached hydrogens (tertiary/aromatic N) is 1. The van der Waals surface area contributed by atoms with Crippen molar-refractivity contribution < 1.29 is 37.0 Å². The van der Waals surface area contributed by atoms with Gasteiger partial charge in [0, 0.05) is 18.4 Å². The number of ether oxygens (including phenoxy) is 2. The van der Waals surface area contributed by atoms with Crippen molar-refractivity contribution >= 4 is 5.97 Å². The lowest BCUT2D eigenvalue weighted by Gasteiger charge is -2.34. The Hall–Kier alpha value is -2.39. The lowest BCUT2D eigenvalue weighted by atomic mass is 10.0. The molecular formula is C21H24F3NO5. The molecule has 1 N–H and O–H groups in total. The van der Waals surface area contributed by atoms with E-state index in [2.05, 4.69) is 4.98 Å². The number of aliphatic carboxylic acids is 1. The maximum Gasteiger partial charge on any atom is 0.451 e. The van der Waals surface area contributed by atoms with Crippen LogP contribution in [0.2, 0.25) is 0 Å². The summed E-state index contributed by atoms with van der Waals surface area (Å²) in [7, 11) is 0. The zero-order valence-electron chi connectivity index (χ0n) is 16.8. The van der Waals surface area contributed by atoms with E-state index in [1.807, 2.05) is 6.92 Å². The van der Waals surface area contributed by atoms with Crippen LogP contribution in [-0.2, 0) is 26.9 Å². The number of rotatable bonds is 7. The van der Waals surface area contributed by atoms with Gasteiger partial charge in [-0.05, 0) is 38.3 Å². The Morgan fingerprint density at radius 1 is 1.20 bits per heavy atom. The maximum absolute atomic E-state index is 13.4. The van der Waals surface area contributed by atoms with E-state index in [1.54, 1.807) is 24.3 Å². The molecule has 0 aliphatic carbocycles. The quantitative estimate of drug-likeness (QED) is 0.637. The van der Waals surface area contributed by atoms with Crippen LogP contribution < -0.4 is 0 Å². The summed E-state index contributed by atoms with van der Waals surface area (Å²) < 4.78 is 55.7. The standard InChI is InChI=1S/C21H24F3NO5/c1-13-7-9-15(10-8-13)18-25-16(17(30-18)21(22,23)24)6-4-3-5-14-11-28-20(2,19(26)27)29-12-14/h7-10,14H,3-6,11-12H2,1-2H3,(H,26,27)/t14-,20+. The zero-order valence-corrected chi connectivity index (χ0v) is 16.8. The highest BCUT2D eigenvalue weighted by Gasteiger charge is 2.41. The molecule has 0 saturated carbocycles. The van der Waals surface area contributed by atoms with Crippen molar-refractivity contribution in [2.24, 2.45) is 5.92 Å². The Balaban J connectivity index is 1.57. The molecule has 0 atom stereocenters. The van der Waals surface area contributed by atoms with Gasteiger partial charge >= 0.3 is 12.1 Å². The van der Waals surface area contributed by atoms with Crippen molar-refractivity contribution in [3.63, 3.8) is 0 Å².